The van der Waals surface area contributed by atoms with Crippen molar-refractivity contribution in [2.75, 3.05) is 25.6 Å². The fourth-order valence-electron chi connectivity index (χ4n) is 1.69. The van der Waals surface area contributed by atoms with Gasteiger partial charge in [-0.05, 0) is 24.3 Å². The summed E-state index contributed by atoms with van der Waals surface area (Å²) in [5.74, 6) is 0.00608. The standard InChI is InChI=1S/C14H16N2O3S/c1-16(8-7-13(17)18)14-15-12(9-20-14)10-3-5-11(19-2)6-4-10/h3-6,9H,7-8H2,1-2H3,(H,17,18). The van der Waals surface area contributed by atoms with E-state index >= 15 is 0 Å². The number of anilines is 1. The number of carboxylic acid groups (broad SMARTS) is 1. The van der Waals surface area contributed by atoms with Gasteiger partial charge in [-0.15, -0.1) is 11.3 Å². The summed E-state index contributed by atoms with van der Waals surface area (Å²) < 4.78 is 5.12. The van der Waals surface area contributed by atoms with E-state index in [2.05, 4.69) is 4.98 Å². The molecule has 0 atom stereocenters. The molecule has 5 nitrogen and oxygen atoms in total. The van der Waals surface area contributed by atoms with E-state index in [1.807, 2.05) is 41.6 Å². The quantitative estimate of drug-likeness (QED) is 0.887. The molecule has 0 bridgehead atoms. The van der Waals surface area contributed by atoms with Gasteiger partial charge in [0.05, 0.1) is 19.2 Å². The number of aliphatic carboxylic acids is 1. The molecule has 2 rings (SSSR count). The van der Waals surface area contributed by atoms with E-state index in [0.29, 0.717) is 6.54 Å². The van der Waals surface area contributed by atoms with Crippen LogP contribution in [0.4, 0.5) is 5.13 Å². The Hall–Kier alpha value is -2.08. The molecule has 0 amide bonds. The second-order valence-corrected chi connectivity index (χ2v) is 5.15. The molecule has 0 spiro atoms. The number of benzene rings is 1. The van der Waals surface area contributed by atoms with Gasteiger partial charge in [-0.1, -0.05) is 0 Å². The molecule has 1 heterocycles. The van der Waals surface area contributed by atoms with Gasteiger partial charge in [0, 0.05) is 24.5 Å². The lowest BCUT2D eigenvalue weighted by Gasteiger charge is -2.13. The Labute approximate surface area is 121 Å². The first-order valence-corrected chi connectivity index (χ1v) is 7.01. The first-order chi connectivity index (χ1) is 9.60. The number of nitrogens with zero attached hydrogens (tertiary/aromatic N) is 2. The van der Waals surface area contributed by atoms with Crippen molar-refractivity contribution in [3.63, 3.8) is 0 Å². The van der Waals surface area contributed by atoms with E-state index in [0.717, 1.165) is 22.1 Å². The molecule has 0 fully saturated rings. The average Bonchev–Trinajstić information content (AvgIpc) is 2.94. The van der Waals surface area contributed by atoms with Crippen molar-refractivity contribution in [2.24, 2.45) is 0 Å². The number of thiazole rings is 1. The summed E-state index contributed by atoms with van der Waals surface area (Å²) in [6, 6.07) is 7.69. The second-order valence-electron chi connectivity index (χ2n) is 4.31. The van der Waals surface area contributed by atoms with Gasteiger partial charge in [0.2, 0.25) is 0 Å². The van der Waals surface area contributed by atoms with Gasteiger partial charge in [-0.2, -0.15) is 0 Å². The smallest absolute Gasteiger partial charge is 0.305 e. The van der Waals surface area contributed by atoms with Gasteiger partial charge < -0.3 is 14.7 Å². The van der Waals surface area contributed by atoms with Crippen LogP contribution in [0.1, 0.15) is 6.42 Å². The Morgan fingerprint density at radius 2 is 2.10 bits per heavy atom. The van der Waals surface area contributed by atoms with E-state index in [1.54, 1.807) is 7.11 Å². The first-order valence-electron chi connectivity index (χ1n) is 6.13. The summed E-state index contributed by atoms with van der Waals surface area (Å²) in [7, 11) is 3.48. The number of hydrogen-bond acceptors (Lipinski definition) is 5. The van der Waals surface area contributed by atoms with Crippen LogP contribution in [0.15, 0.2) is 29.6 Å². The van der Waals surface area contributed by atoms with Crippen molar-refractivity contribution in [1.29, 1.82) is 0 Å². The van der Waals surface area contributed by atoms with E-state index in [9.17, 15) is 4.79 Å². The molecule has 1 aromatic heterocycles. The van der Waals surface area contributed by atoms with Crippen LogP contribution in [-0.2, 0) is 4.79 Å². The van der Waals surface area contributed by atoms with Crippen LogP contribution >= 0.6 is 11.3 Å². The molecule has 0 saturated carbocycles. The topological polar surface area (TPSA) is 62.7 Å². The Morgan fingerprint density at radius 3 is 2.70 bits per heavy atom. The summed E-state index contributed by atoms with van der Waals surface area (Å²) in [4.78, 5) is 16.9. The van der Waals surface area contributed by atoms with Gasteiger partial charge in [0.25, 0.3) is 0 Å². The Kier molecular flexibility index (Phi) is 4.57. The van der Waals surface area contributed by atoms with Crippen molar-refractivity contribution in [2.45, 2.75) is 6.42 Å². The predicted molar refractivity (Wildman–Crippen MR) is 79.6 cm³/mol. The molecular weight excluding hydrogens is 276 g/mol. The first kappa shape index (κ1) is 14.3. The Morgan fingerprint density at radius 1 is 1.40 bits per heavy atom. The third-order valence-electron chi connectivity index (χ3n) is 2.87. The SMILES string of the molecule is COc1ccc(-c2csc(N(C)CCC(=O)O)n2)cc1. The minimum absolute atomic E-state index is 0.105. The fourth-order valence-corrected chi connectivity index (χ4v) is 2.52. The van der Waals surface area contributed by atoms with Crippen molar-refractivity contribution >= 4 is 22.4 Å². The highest BCUT2D eigenvalue weighted by Crippen LogP contribution is 2.28. The Bertz CT molecular complexity index is 580. The van der Waals surface area contributed by atoms with E-state index in [4.69, 9.17) is 9.84 Å². The molecule has 6 heteroatoms. The molecule has 106 valence electrons. The molecule has 2 aromatic rings. The van der Waals surface area contributed by atoms with E-state index in [-0.39, 0.29) is 6.42 Å². The molecule has 0 radical (unpaired) electrons. The van der Waals surface area contributed by atoms with Gasteiger partial charge in [0.15, 0.2) is 5.13 Å². The van der Waals surface area contributed by atoms with Crippen molar-refractivity contribution in [1.82, 2.24) is 4.98 Å². The van der Waals surface area contributed by atoms with Gasteiger partial charge >= 0.3 is 5.97 Å². The maximum absolute atomic E-state index is 10.6. The maximum atomic E-state index is 10.6. The summed E-state index contributed by atoms with van der Waals surface area (Å²) >= 11 is 1.50. The molecule has 0 aliphatic carbocycles. The van der Waals surface area contributed by atoms with Crippen LogP contribution in [-0.4, -0.2) is 36.8 Å². The lowest BCUT2D eigenvalue weighted by atomic mass is 10.2. The van der Waals surface area contributed by atoms with Gasteiger partial charge in [-0.25, -0.2) is 4.98 Å². The third kappa shape index (κ3) is 3.48. The molecule has 0 saturated heterocycles. The van der Waals surface area contributed by atoms with Crippen LogP contribution in [0.2, 0.25) is 0 Å². The zero-order valence-electron chi connectivity index (χ0n) is 11.4. The highest BCUT2D eigenvalue weighted by molar-refractivity contribution is 7.14. The lowest BCUT2D eigenvalue weighted by molar-refractivity contribution is -0.136. The van der Waals surface area contributed by atoms with Gasteiger partial charge in [-0.3, -0.25) is 4.79 Å². The fraction of sp³-hybridized carbons (Fsp3) is 0.286. The van der Waals surface area contributed by atoms with Crippen LogP contribution in [0.5, 0.6) is 5.75 Å². The number of methoxy groups -OCH3 is 1. The molecule has 0 unspecified atom stereocenters. The number of ether oxygens (including phenoxy) is 1. The summed E-state index contributed by atoms with van der Waals surface area (Å²) in [6.45, 7) is 0.449. The zero-order valence-corrected chi connectivity index (χ0v) is 12.2. The lowest BCUT2D eigenvalue weighted by Crippen LogP contribution is -2.20. The minimum atomic E-state index is -0.802. The molecule has 0 aliphatic heterocycles. The summed E-state index contributed by atoms with van der Waals surface area (Å²) in [5, 5.41) is 11.5. The number of hydrogen-bond donors (Lipinski definition) is 1. The normalized spacial score (nSPS) is 10.3. The van der Waals surface area contributed by atoms with Crippen molar-refractivity contribution < 1.29 is 14.6 Å². The summed E-state index contributed by atoms with van der Waals surface area (Å²) in [6.07, 6.45) is 0.105. The molecular formula is C14H16N2O3S. The van der Waals surface area contributed by atoms with Crippen molar-refractivity contribution in [3.05, 3.63) is 29.6 Å². The monoisotopic (exact) mass is 292 g/mol. The number of carboxylic acids is 1. The van der Waals surface area contributed by atoms with E-state index in [1.165, 1.54) is 11.3 Å². The zero-order chi connectivity index (χ0) is 14.5. The minimum Gasteiger partial charge on any atom is -0.497 e. The second kappa shape index (κ2) is 6.38. The summed E-state index contributed by atoms with van der Waals surface area (Å²) in [5.41, 5.74) is 1.90. The third-order valence-corrected chi connectivity index (χ3v) is 3.82. The van der Waals surface area contributed by atoms with E-state index < -0.39 is 5.97 Å². The highest BCUT2D eigenvalue weighted by atomic mass is 32.1. The Balaban J connectivity index is 2.09. The highest BCUT2D eigenvalue weighted by Gasteiger charge is 2.10. The largest absolute Gasteiger partial charge is 0.497 e. The van der Waals surface area contributed by atoms with Crippen LogP contribution in [0.25, 0.3) is 11.3 Å². The molecule has 1 aromatic carbocycles. The van der Waals surface area contributed by atoms with Gasteiger partial charge in [0.1, 0.15) is 5.75 Å². The van der Waals surface area contributed by atoms with Crippen LogP contribution in [0.3, 0.4) is 0 Å². The molecule has 0 aliphatic rings. The molecule has 1 N–H and O–H groups in total. The number of carbonyl (C=O) groups is 1. The number of aromatic nitrogens is 1. The number of rotatable bonds is 6. The average molecular weight is 292 g/mol. The molecule has 20 heavy (non-hydrogen) atoms. The predicted octanol–water partition coefficient (Wildman–Crippen LogP) is 2.73. The van der Waals surface area contributed by atoms with Crippen LogP contribution in [0, 0.1) is 0 Å². The maximum Gasteiger partial charge on any atom is 0.305 e. The van der Waals surface area contributed by atoms with Crippen molar-refractivity contribution in [3.8, 4) is 17.0 Å². The van der Waals surface area contributed by atoms with Crippen LogP contribution < -0.4 is 9.64 Å².